The fourth-order valence-corrected chi connectivity index (χ4v) is 4.29. The van der Waals surface area contributed by atoms with Crippen LogP contribution in [0.3, 0.4) is 0 Å². The molecule has 0 bridgehead atoms. The number of amides is 1. The molecular weight excluding hydrogens is 485 g/mol. The lowest BCUT2D eigenvalue weighted by atomic mass is 9.88. The van der Waals surface area contributed by atoms with E-state index >= 15 is 0 Å². The van der Waals surface area contributed by atoms with Gasteiger partial charge in [-0.15, -0.1) is 0 Å². The predicted molar refractivity (Wildman–Crippen MR) is 120 cm³/mol. The van der Waals surface area contributed by atoms with Crippen molar-refractivity contribution < 1.29 is 26.7 Å². The first-order valence-electron chi connectivity index (χ1n) is 11.1. The van der Waals surface area contributed by atoms with Gasteiger partial charge in [-0.25, -0.2) is 18.7 Å². The molecule has 4 heterocycles. The standard InChI is InChI=1S/C23H24F5N7O/c1-13-4-5-29-17(6-13)16-11-34(3)33-19(16)20(36)35-12-22(24,25)7-14(2)18(35)10-32-21-30-8-15(9-31-21)23(26,27)28/h4-6,8-9,11,14,18H,7,10,12H2,1-3H3,(H,30,31,32)/t14-,18-/m1/s1. The monoisotopic (exact) mass is 509 g/mol. The third-order valence-corrected chi connectivity index (χ3v) is 6.01. The van der Waals surface area contributed by atoms with Crippen molar-refractivity contribution in [3.63, 3.8) is 0 Å². The van der Waals surface area contributed by atoms with Gasteiger partial charge in [0.15, 0.2) is 5.69 Å². The van der Waals surface area contributed by atoms with Gasteiger partial charge in [0.05, 0.1) is 29.4 Å². The van der Waals surface area contributed by atoms with Crippen LogP contribution in [0.25, 0.3) is 11.3 Å². The number of pyridine rings is 1. The molecule has 1 N–H and O–H groups in total. The fraction of sp³-hybridized carbons (Fsp3) is 0.435. The van der Waals surface area contributed by atoms with Gasteiger partial charge in [0.2, 0.25) is 5.95 Å². The Hall–Kier alpha value is -3.64. The molecule has 4 rings (SSSR count). The van der Waals surface area contributed by atoms with E-state index in [0.717, 1.165) is 10.5 Å². The molecule has 192 valence electrons. The Morgan fingerprint density at radius 1 is 1.22 bits per heavy atom. The van der Waals surface area contributed by atoms with Crippen LogP contribution in [0.2, 0.25) is 0 Å². The first-order chi connectivity index (χ1) is 16.8. The quantitative estimate of drug-likeness (QED) is 0.519. The summed E-state index contributed by atoms with van der Waals surface area (Å²) < 4.78 is 68.9. The normalized spacial score (nSPS) is 19.8. The minimum absolute atomic E-state index is 0.0173. The summed E-state index contributed by atoms with van der Waals surface area (Å²) >= 11 is 0. The largest absolute Gasteiger partial charge is 0.419 e. The first kappa shape index (κ1) is 25.5. The summed E-state index contributed by atoms with van der Waals surface area (Å²) in [5.41, 5.74) is 0.764. The van der Waals surface area contributed by atoms with Gasteiger partial charge in [0.25, 0.3) is 11.8 Å². The Labute approximate surface area is 203 Å². The van der Waals surface area contributed by atoms with Crippen LogP contribution < -0.4 is 5.32 Å². The van der Waals surface area contributed by atoms with Crippen LogP contribution in [0.1, 0.15) is 35.0 Å². The molecule has 0 aromatic carbocycles. The zero-order valence-electron chi connectivity index (χ0n) is 19.7. The highest BCUT2D eigenvalue weighted by molar-refractivity contribution is 5.98. The van der Waals surface area contributed by atoms with Crippen LogP contribution in [-0.4, -0.2) is 60.6 Å². The molecule has 1 fully saturated rings. The number of nitrogens with zero attached hydrogens (tertiary/aromatic N) is 6. The van der Waals surface area contributed by atoms with Crippen molar-refractivity contribution in [3.05, 3.63) is 53.7 Å². The summed E-state index contributed by atoms with van der Waals surface area (Å²) in [7, 11) is 1.62. The van der Waals surface area contributed by atoms with Crippen LogP contribution >= 0.6 is 0 Å². The molecule has 3 aromatic rings. The van der Waals surface area contributed by atoms with Crippen molar-refractivity contribution in [3.8, 4) is 11.3 Å². The van der Waals surface area contributed by atoms with Gasteiger partial charge in [0.1, 0.15) is 0 Å². The maximum atomic E-state index is 14.6. The predicted octanol–water partition coefficient (Wildman–Crippen LogP) is 4.20. The first-order valence-corrected chi connectivity index (χ1v) is 11.1. The molecule has 13 heteroatoms. The van der Waals surface area contributed by atoms with E-state index in [2.05, 4.69) is 25.4 Å². The SMILES string of the molecule is Cc1ccnc(-c2cn(C)nc2C(=O)N2CC(F)(F)C[C@@H](C)[C@H]2CNc2ncc(C(F)(F)F)cn2)c1. The van der Waals surface area contributed by atoms with Gasteiger partial charge in [-0.1, -0.05) is 6.92 Å². The van der Waals surface area contributed by atoms with E-state index in [1.165, 1.54) is 4.68 Å². The molecule has 36 heavy (non-hydrogen) atoms. The van der Waals surface area contributed by atoms with Gasteiger partial charge < -0.3 is 10.2 Å². The Kier molecular flexibility index (Phi) is 6.67. The summed E-state index contributed by atoms with van der Waals surface area (Å²) in [5.74, 6) is -4.56. The fourth-order valence-electron chi connectivity index (χ4n) is 4.29. The molecule has 0 spiro atoms. The van der Waals surface area contributed by atoms with Crippen LogP contribution in [0, 0.1) is 12.8 Å². The van der Waals surface area contributed by atoms with E-state index in [0.29, 0.717) is 23.7 Å². The number of anilines is 1. The maximum Gasteiger partial charge on any atom is 0.419 e. The Bertz CT molecular complexity index is 1240. The third kappa shape index (κ3) is 5.44. The molecule has 1 aliphatic rings. The lowest BCUT2D eigenvalue weighted by molar-refractivity contribution is -0.138. The van der Waals surface area contributed by atoms with Crippen molar-refractivity contribution in [1.82, 2.24) is 29.6 Å². The minimum Gasteiger partial charge on any atom is -0.352 e. The molecule has 0 saturated carbocycles. The molecule has 0 radical (unpaired) electrons. The number of halogens is 5. The number of carbonyl (C=O) groups is 1. The molecule has 1 saturated heterocycles. The average Bonchev–Trinajstić information content (AvgIpc) is 3.18. The van der Waals surface area contributed by atoms with Gasteiger partial charge in [0, 0.05) is 44.8 Å². The number of nitrogens with one attached hydrogen (secondary N) is 1. The Morgan fingerprint density at radius 3 is 2.56 bits per heavy atom. The molecular formula is C23H24F5N7O. The summed E-state index contributed by atoms with van der Waals surface area (Å²) in [4.78, 5) is 26.3. The molecule has 1 aliphatic heterocycles. The summed E-state index contributed by atoms with van der Waals surface area (Å²) in [6, 6.07) is 2.84. The van der Waals surface area contributed by atoms with Crippen molar-refractivity contribution >= 4 is 11.9 Å². The highest BCUT2D eigenvalue weighted by Gasteiger charge is 2.47. The van der Waals surface area contributed by atoms with Gasteiger partial charge in [-0.3, -0.25) is 14.5 Å². The molecule has 0 unspecified atom stereocenters. The van der Waals surface area contributed by atoms with Crippen LogP contribution in [0.4, 0.5) is 27.9 Å². The highest BCUT2D eigenvalue weighted by Crippen LogP contribution is 2.36. The van der Waals surface area contributed by atoms with E-state index in [1.54, 1.807) is 38.5 Å². The van der Waals surface area contributed by atoms with Crippen molar-refractivity contribution in [2.75, 3.05) is 18.4 Å². The zero-order valence-corrected chi connectivity index (χ0v) is 19.7. The maximum absolute atomic E-state index is 14.6. The Morgan fingerprint density at radius 2 is 1.92 bits per heavy atom. The molecule has 2 atom stereocenters. The van der Waals surface area contributed by atoms with Crippen molar-refractivity contribution in [1.29, 1.82) is 0 Å². The summed E-state index contributed by atoms with van der Waals surface area (Å²) in [6.45, 7) is 2.59. The van der Waals surface area contributed by atoms with E-state index in [4.69, 9.17) is 0 Å². The number of aromatic nitrogens is 5. The number of piperidine rings is 1. The van der Waals surface area contributed by atoms with E-state index in [-0.39, 0.29) is 18.2 Å². The lowest BCUT2D eigenvalue weighted by Crippen LogP contribution is -2.57. The number of hydrogen-bond acceptors (Lipinski definition) is 6. The lowest BCUT2D eigenvalue weighted by Gasteiger charge is -2.43. The van der Waals surface area contributed by atoms with Gasteiger partial charge in [-0.2, -0.15) is 18.3 Å². The Balaban J connectivity index is 1.61. The van der Waals surface area contributed by atoms with Gasteiger partial charge >= 0.3 is 6.18 Å². The van der Waals surface area contributed by atoms with Crippen LogP contribution in [-0.2, 0) is 13.2 Å². The number of hydrogen-bond donors (Lipinski definition) is 1. The second kappa shape index (κ2) is 9.43. The van der Waals surface area contributed by atoms with Crippen molar-refractivity contribution in [2.45, 2.75) is 38.4 Å². The summed E-state index contributed by atoms with van der Waals surface area (Å²) in [5, 5.41) is 7.02. The summed E-state index contributed by atoms with van der Waals surface area (Å²) in [6.07, 6.45) is -0.593. The van der Waals surface area contributed by atoms with Crippen LogP contribution in [0.5, 0.6) is 0 Å². The number of alkyl halides is 5. The number of rotatable bonds is 5. The molecule has 3 aromatic heterocycles. The zero-order chi connectivity index (χ0) is 26.3. The minimum atomic E-state index is -4.59. The average molecular weight is 509 g/mol. The molecule has 8 nitrogen and oxygen atoms in total. The van der Waals surface area contributed by atoms with E-state index in [1.807, 2.05) is 6.92 Å². The second-order valence-corrected chi connectivity index (χ2v) is 9.00. The van der Waals surface area contributed by atoms with Gasteiger partial charge in [-0.05, 0) is 30.5 Å². The van der Waals surface area contributed by atoms with E-state index < -0.39 is 48.5 Å². The highest BCUT2D eigenvalue weighted by atomic mass is 19.4. The third-order valence-electron chi connectivity index (χ3n) is 6.01. The van der Waals surface area contributed by atoms with Crippen molar-refractivity contribution in [2.24, 2.45) is 13.0 Å². The van der Waals surface area contributed by atoms with Crippen LogP contribution in [0.15, 0.2) is 36.9 Å². The molecule has 1 amide bonds. The number of carbonyl (C=O) groups excluding carboxylic acids is 1. The number of aryl methyl sites for hydroxylation is 2. The topological polar surface area (TPSA) is 88.8 Å². The smallest absolute Gasteiger partial charge is 0.352 e. The number of likely N-dealkylation sites (tertiary alicyclic amines) is 1. The molecule has 0 aliphatic carbocycles. The van der Waals surface area contributed by atoms with E-state index in [9.17, 15) is 26.7 Å². The second-order valence-electron chi connectivity index (χ2n) is 9.00.